The number of ketones is 1. The summed E-state index contributed by atoms with van der Waals surface area (Å²) in [4.78, 5) is 21.3. The molecule has 0 aliphatic heterocycles. The lowest BCUT2D eigenvalue weighted by atomic mass is 10.1. The van der Waals surface area contributed by atoms with Crippen LogP contribution in [-0.4, -0.2) is 24.9 Å². The summed E-state index contributed by atoms with van der Waals surface area (Å²) >= 11 is 0. The Morgan fingerprint density at radius 3 is 2.67 bits per heavy atom. The molecule has 66 valence electrons. The van der Waals surface area contributed by atoms with Gasteiger partial charge in [0, 0.05) is 0 Å². The Bertz CT molecular complexity index is 217. The van der Waals surface area contributed by atoms with E-state index in [1.165, 1.54) is 0 Å². The zero-order valence-electron chi connectivity index (χ0n) is 6.87. The van der Waals surface area contributed by atoms with Crippen molar-refractivity contribution in [3.8, 4) is 12.3 Å². The molecule has 12 heavy (non-hydrogen) atoms. The molecule has 0 bridgehead atoms. The molecule has 0 fully saturated rings. The van der Waals surface area contributed by atoms with Crippen LogP contribution in [0.25, 0.3) is 0 Å². The maximum Gasteiger partial charge on any atom is 0.319 e. The van der Waals surface area contributed by atoms with Crippen molar-refractivity contribution in [2.45, 2.75) is 6.92 Å². The Morgan fingerprint density at radius 2 is 2.25 bits per heavy atom. The number of terminal acetylenes is 1. The number of ether oxygens (including phenoxy) is 1. The minimum atomic E-state index is -0.535. The third-order valence-electron chi connectivity index (χ3n) is 1.25. The van der Waals surface area contributed by atoms with Crippen LogP contribution >= 0.6 is 0 Å². The molecule has 0 aromatic heterocycles. The second-order valence-electron chi connectivity index (χ2n) is 2.30. The predicted molar refractivity (Wildman–Crippen MR) is 43.0 cm³/mol. The van der Waals surface area contributed by atoms with E-state index in [-0.39, 0.29) is 18.9 Å². The summed E-state index contributed by atoms with van der Waals surface area (Å²) in [7, 11) is 0. The molecule has 0 amide bonds. The summed E-state index contributed by atoms with van der Waals surface area (Å²) in [6, 6.07) is 0. The van der Waals surface area contributed by atoms with Crippen LogP contribution in [0, 0.1) is 18.3 Å². The number of carbonyl (C=O) groups excluding carboxylic acids is 2. The van der Waals surface area contributed by atoms with Crippen LogP contribution in [0.3, 0.4) is 0 Å². The van der Waals surface area contributed by atoms with Crippen molar-refractivity contribution >= 4 is 11.8 Å². The fraction of sp³-hybridized carbons (Fsp3) is 0.500. The molecule has 0 radical (unpaired) electrons. The van der Waals surface area contributed by atoms with E-state index in [1.807, 2.05) is 5.92 Å². The lowest BCUT2D eigenvalue weighted by Crippen LogP contribution is -2.22. The highest BCUT2D eigenvalue weighted by Gasteiger charge is 2.11. The van der Waals surface area contributed by atoms with E-state index in [9.17, 15) is 9.59 Å². The van der Waals surface area contributed by atoms with Gasteiger partial charge in [0.1, 0.15) is 6.61 Å². The van der Waals surface area contributed by atoms with E-state index >= 15 is 0 Å². The minimum Gasteiger partial charge on any atom is -0.464 e. The van der Waals surface area contributed by atoms with Gasteiger partial charge in [0.15, 0.2) is 0 Å². The third-order valence-corrected chi connectivity index (χ3v) is 1.25. The Morgan fingerprint density at radius 1 is 1.67 bits per heavy atom. The lowest BCUT2D eigenvalue weighted by Gasteiger charge is -2.06. The van der Waals surface area contributed by atoms with Gasteiger partial charge in [-0.3, -0.25) is 9.59 Å². The molecular weight excluding hydrogens is 158 g/mol. The highest BCUT2D eigenvalue weighted by molar-refractivity contribution is 5.96. The van der Waals surface area contributed by atoms with Gasteiger partial charge in [-0.1, -0.05) is 6.92 Å². The van der Waals surface area contributed by atoms with Gasteiger partial charge in [-0.05, 0) is 5.92 Å². The SMILES string of the molecule is C#CC(=O)C(C)COC(=O)CN. The van der Waals surface area contributed by atoms with Crippen molar-refractivity contribution < 1.29 is 14.3 Å². The van der Waals surface area contributed by atoms with Gasteiger partial charge >= 0.3 is 5.97 Å². The molecule has 4 heteroatoms. The van der Waals surface area contributed by atoms with E-state index in [1.54, 1.807) is 6.92 Å². The first kappa shape index (κ1) is 10.7. The number of carbonyl (C=O) groups is 2. The van der Waals surface area contributed by atoms with Gasteiger partial charge in [-0.15, -0.1) is 6.42 Å². The number of hydrogen-bond acceptors (Lipinski definition) is 4. The molecule has 4 nitrogen and oxygen atoms in total. The molecule has 2 N–H and O–H groups in total. The second kappa shape index (κ2) is 5.33. The van der Waals surface area contributed by atoms with Gasteiger partial charge in [0.25, 0.3) is 0 Å². The van der Waals surface area contributed by atoms with Gasteiger partial charge < -0.3 is 10.5 Å². The van der Waals surface area contributed by atoms with Crippen molar-refractivity contribution in [2.24, 2.45) is 11.7 Å². The fourth-order valence-corrected chi connectivity index (χ4v) is 0.495. The Hall–Kier alpha value is -1.34. The highest BCUT2D eigenvalue weighted by atomic mass is 16.5. The summed E-state index contributed by atoms with van der Waals surface area (Å²) in [5, 5.41) is 0. The van der Waals surface area contributed by atoms with Crippen LogP contribution in [0.1, 0.15) is 6.92 Å². The number of rotatable bonds is 4. The smallest absolute Gasteiger partial charge is 0.319 e. The molecule has 0 saturated carbocycles. The molecule has 0 aliphatic rings. The van der Waals surface area contributed by atoms with Crippen LogP contribution in [0.2, 0.25) is 0 Å². The van der Waals surface area contributed by atoms with Crippen LogP contribution in [-0.2, 0) is 14.3 Å². The summed E-state index contributed by atoms with van der Waals surface area (Å²) in [5.41, 5.74) is 4.97. The van der Waals surface area contributed by atoms with Crippen molar-refractivity contribution in [1.82, 2.24) is 0 Å². The Balaban J connectivity index is 3.73. The average molecular weight is 169 g/mol. The number of nitrogens with two attached hydrogens (primary N) is 1. The van der Waals surface area contributed by atoms with E-state index < -0.39 is 11.9 Å². The zero-order valence-corrected chi connectivity index (χ0v) is 6.87. The largest absolute Gasteiger partial charge is 0.464 e. The van der Waals surface area contributed by atoms with Gasteiger partial charge in [-0.25, -0.2) is 0 Å². The predicted octanol–water partition coefficient (Wildman–Crippen LogP) is -0.673. The van der Waals surface area contributed by atoms with Crippen molar-refractivity contribution in [2.75, 3.05) is 13.2 Å². The second-order valence-corrected chi connectivity index (χ2v) is 2.30. The van der Waals surface area contributed by atoms with Crippen molar-refractivity contribution in [1.29, 1.82) is 0 Å². The number of Topliss-reactive ketones (excluding diaryl/α,β-unsaturated/α-hetero) is 1. The molecule has 0 aromatic carbocycles. The molecule has 1 unspecified atom stereocenters. The molecule has 0 aromatic rings. The van der Waals surface area contributed by atoms with Gasteiger partial charge in [-0.2, -0.15) is 0 Å². The molecule has 0 aliphatic carbocycles. The summed E-state index contributed by atoms with van der Waals surface area (Å²) in [6.45, 7) is 1.40. The maximum atomic E-state index is 10.8. The molecule has 0 spiro atoms. The van der Waals surface area contributed by atoms with E-state index in [2.05, 4.69) is 4.74 Å². The topological polar surface area (TPSA) is 69.4 Å². The van der Waals surface area contributed by atoms with Gasteiger partial charge in [0.05, 0.1) is 12.5 Å². The minimum absolute atomic E-state index is 0.000926. The Kier molecular flexibility index (Phi) is 4.73. The highest BCUT2D eigenvalue weighted by Crippen LogP contribution is 1.96. The maximum absolute atomic E-state index is 10.8. The third kappa shape index (κ3) is 3.74. The molecule has 0 rings (SSSR count). The molecular formula is C8H11NO3. The average Bonchev–Trinajstić information content (AvgIpc) is 2.11. The lowest BCUT2D eigenvalue weighted by molar-refractivity contribution is -0.143. The first-order valence-electron chi connectivity index (χ1n) is 3.48. The zero-order chi connectivity index (χ0) is 9.56. The van der Waals surface area contributed by atoms with E-state index in [4.69, 9.17) is 12.2 Å². The van der Waals surface area contributed by atoms with Crippen LogP contribution in [0.5, 0.6) is 0 Å². The van der Waals surface area contributed by atoms with Crippen molar-refractivity contribution in [3.63, 3.8) is 0 Å². The van der Waals surface area contributed by atoms with E-state index in [0.717, 1.165) is 0 Å². The molecule has 1 atom stereocenters. The quantitative estimate of drug-likeness (QED) is 0.344. The summed E-state index contributed by atoms with van der Waals surface area (Å²) in [6.07, 6.45) is 4.85. The first-order valence-corrected chi connectivity index (χ1v) is 3.48. The number of hydrogen-bond donors (Lipinski definition) is 1. The molecule has 0 saturated heterocycles. The van der Waals surface area contributed by atoms with E-state index in [0.29, 0.717) is 0 Å². The van der Waals surface area contributed by atoms with Crippen LogP contribution in [0.15, 0.2) is 0 Å². The summed E-state index contributed by atoms with van der Waals surface area (Å²) in [5.74, 6) is 0.581. The fourth-order valence-electron chi connectivity index (χ4n) is 0.495. The summed E-state index contributed by atoms with van der Waals surface area (Å²) < 4.78 is 4.60. The van der Waals surface area contributed by atoms with Crippen molar-refractivity contribution in [3.05, 3.63) is 0 Å². The first-order chi connectivity index (χ1) is 5.61. The Labute approximate surface area is 71.1 Å². The standard InChI is InChI=1S/C8H11NO3/c1-3-7(10)6(2)5-12-8(11)4-9/h1,6H,4-5,9H2,2H3. The molecule has 0 heterocycles. The van der Waals surface area contributed by atoms with Crippen LogP contribution < -0.4 is 5.73 Å². The van der Waals surface area contributed by atoms with Crippen LogP contribution in [0.4, 0.5) is 0 Å². The number of esters is 1. The monoisotopic (exact) mass is 169 g/mol. The van der Waals surface area contributed by atoms with Gasteiger partial charge in [0.2, 0.25) is 5.78 Å². The normalized spacial score (nSPS) is 11.4.